The van der Waals surface area contributed by atoms with Crippen LogP contribution in [-0.2, 0) is 13.0 Å². The maximum atomic E-state index is 10.3. The van der Waals surface area contributed by atoms with Crippen molar-refractivity contribution in [2.45, 2.75) is 31.8 Å². The predicted octanol–water partition coefficient (Wildman–Crippen LogP) is 5.33. The first kappa shape index (κ1) is 23.8. The summed E-state index contributed by atoms with van der Waals surface area (Å²) >= 11 is 0. The number of hydrogen-bond acceptors (Lipinski definition) is 6. The lowest BCUT2D eigenvalue weighted by molar-refractivity contribution is 0.0693. The lowest BCUT2D eigenvalue weighted by atomic mass is 9.85. The van der Waals surface area contributed by atoms with Gasteiger partial charge >= 0.3 is 5.97 Å². The Morgan fingerprint density at radius 1 is 0.889 bits per heavy atom. The maximum Gasteiger partial charge on any atom is 0.339 e. The Bertz CT molecular complexity index is 1460. The summed E-state index contributed by atoms with van der Waals surface area (Å²) in [6, 6.07) is 16.4. The zero-order valence-corrected chi connectivity index (χ0v) is 20.3. The summed E-state index contributed by atoms with van der Waals surface area (Å²) in [5.74, 6) is 0.468. The summed E-state index contributed by atoms with van der Waals surface area (Å²) < 4.78 is 11.1. The van der Waals surface area contributed by atoms with Crippen LogP contribution in [0.1, 0.15) is 34.3 Å². The molecule has 0 bridgehead atoms. The van der Waals surface area contributed by atoms with Crippen molar-refractivity contribution in [1.82, 2.24) is 4.90 Å². The van der Waals surface area contributed by atoms with E-state index in [0.717, 1.165) is 35.2 Å². The molecular weight excluding hydrogens is 458 g/mol. The number of hydrogen-bond donors (Lipinski definition) is 3. The van der Waals surface area contributed by atoms with E-state index in [1.807, 2.05) is 6.07 Å². The number of carboxylic acid groups (broad SMARTS) is 1. The number of phenols is 2. The van der Waals surface area contributed by atoms with Crippen LogP contribution in [0.3, 0.4) is 0 Å². The molecule has 0 saturated carbocycles. The number of phenolic OH excluding ortho intramolecular Hbond substituents is 1. The van der Waals surface area contributed by atoms with E-state index in [4.69, 9.17) is 19.7 Å². The zero-order chi connectivity index (χ0) is 25.4. The van der Waals surface area contributed by atoms with Gasteiger partial charge in [0.2, 0.25) is 0 Å². The summed E-state index contributed by atoms with van der Waals surface area (Å²) in [5, 5.41) is 32.1. The van der Waals surface area contributed by atoms with Crippen LogP contribution >= 0.6 is 0 Å². The molecule has 7 nitrogen and oxygen atoms in total. The number of fused-ring (bicyclic) bond motifs is 7. The average molecular weight is 488 g/mol. The Morgan fingerprint density at radius 3 is 2.25 bits per heavy atom. The number of ether oxygens (including phenoxy) is 2. The average Bonchev–Trinajstić information content (AvgIpc) is 3.35. The first-order valence-electron chi connectivity index (χ1n) is 12.0. The Hall–Kier alpha value is -3.97. The fraction of sp³-hybridized carbons (Fsp3) is 0.276. The number of methoxy groups -OCH3 is 2. The highest BCUT2D eigenvalue weighted by atomic mass is 16.5. The van der Waals surface area contributed by atoms with Crippen LogP contribution in [0.2, 0.25) is 0 Å². The van der Waals surface area contributed by atoms with Crippen molar-refractivity contribution in [1.29, 1.82) is 0 Å². The van der Waals surface area contributed by atoms with E-state index in [0.29, 0.717) is 11.8 Å². The number of aromatic carboxylic acids is 1. The van der Waals surface area contributed by atoms with Crippen molar-refractivity contribution in [3.63, 3.8) is 0 Å². The zero-order valence-electron chi connectivity index (χ0n) is 20.3. The maximum absolute atomic E-state index is 10.3. The van der Waals surface area contributed by atoms with Gasteiger partial charge in [-0.25, -0.2) is 4.79 Å². The van der Waals surface area contributed by atoms with Crippen LogP contribution in [-0.4, -0.2) is 53.0 Å². The van der Waals surface area contributed by atoms with Gasteiger partial charge in [0, 0.05) is 12.6 Å². The van der Waals surface area contributed by atoms with Gasteiger partial charge in [-0.1, -0.05) is 18.2 Å². The molecule has 0 radical (unpaired) electrons. The van der Waals surface area contributed by atoms with Gasteiger partial charge in [0.05, 0.1) is 14.2 Å². The van der Waals surface area contributed by atoms with Gasteiger partial charge in [-0.3, -0.25) is 4.90 Å². The van der Waals surface area contributed by atoms with Gasteiger partial charge in [-0.05, 0) is 94.9 Å². The van der Waals surface area contributed by atoms with E-state index < -0.39 is 5.97 Å². The van der Waals surface area contributed by atoms with Crippen molar-refractivity contribution in [2.24, 2.45) is 0 Å². The van der Waals surface area contributed by atoms with Crippen molar-refractivity contribution < 1.29 is 29.6 Å². The summed E-state index contributed by atoms with van der Waals surface area (Å²) in [5.41, 5.74) is 2.77. The standard InChI is InChI=1S/C22H23NO3.C7H6O3/c1-25-21-10-18-16-8-13-4-3-7-23(13)12-20(16)15-6-5-14(24)9-17(15)19(18)11-22(21)26-2;8-6-4-2-1-3-5(6)7(9)10/h5-6,9-11,13,24H,3-4,7-8,12H2,1-2H3;1-4,8H,(H,9,10). The lowest BCUT2D eigenvalue weighted by Crippen LogP contribution is -2.35. The second kappa shape index (κ2) is 9.59. The summed E-state index contributed by atoms with van der Waals surface area (Å²) in [4.78, 5) is 12.9. The quantitative estimate of drug-likeness (QED) is 0.336. The minimum Gasteiger partial charge on any atom is -0.508 e. The molecule has 7 heteroatoms. The largest absolute Gasteiger partial charge is 0.508 e. The molecular formula is C29H29NO6. The van der Waals surface area contributed by atoms with E-state index in [2.05, 4.69) is 23.1 Å². The highest BCUT2D eigenvalue weighted by molar-refractivity contribution is 6.12. The molecule has 1 atom stereocenters. The molecule has 1 fully saturated rings. The molecule has 6 rings (SSSR count). The van der Waals surface area contributed by atoms with Gasteiger partial charge < -0.3 is 24.8 Å². The van der Waals surface area contributed by atoms with Gasteiger partial charge in [-0.15, -0.1) is 0 Å². The van der Waals surface area contributed by atoms with Crippen molar-refractivity contribution in [3.05, 3.63) is 71.3 Å². The third-order valence-corrected chi connectivity index (χ3v) is 7.27. The first-order chi connectivity index (χ1) is 17.4. The molecule has 1 saturated heterocycles. The first-order valence-corrected chi connectivity index (χ1v) is 12.0. The molecule has 1 unspecified atom stereocenters. The van der Waals surface area contributed by atoms with E-state index >= 15 is 0 Å². The topological polar surface area (TPSA) is 99.5 Å². The summed E-state index contributed by atoms with van der Waals surface area (Å²) in [6.07, 6.45) is 3.65. The molecule has 3 N–H and O–H groups in total. The smallest absolute Gasteiger partial charge is 0.339 e. The van der Waals surface area contributed by atoms with Crippen LogP contribution in [0.15, 0.2) is 54.6 Å². The van der Waals surface area contributed by atoms with Crippen LogP contribution < -0.4 is 9.47 Å². The molecule has 0 spiro atoms. The number of rotatable bonds is 3. The minimum atomic E-state index is -1.11. The molecule has 2 heterocycles. The van der Waals surface area contributed by atoms with Gasteiger partial charge in [-0.2, -0.15) is 0 Å². The molecule has 186 valence electrons. The lowest BCUT2D eigenvalue weighted by Gasteiger charge is -2.33. The van der Waals surface area contributed by atoms with Crippen molar-refractivity contribution >= 4 is 27.5 Å². The third kappa shape index (κ3) is 4.16. The van der Waals surface area contributed by atoms with E-state index in [-0.39, 0.29) is 11.3 Å². The van der Waals surface area contributed by atoms with Crippen LogP contribution in [0, 0.1) is 0 Å². The van der Waals surface area contributed by atoms with Gasteiger partial charge in [0.15, 0.2) is 11.5 Å². The summed E-state index contributed by atoms with van der Waals surface area (Å²) in [7, 11) is 3.35. The van der Waals surface area contributed by atoms with Crippen LogP contribution in [0.25, 0.3) is 21.5 Å². The number of benzene rings is 4. The number of aromatic hydroxyl groups is 2. The van der Waals surface area contributed by atoms with Crippen molar-refractivity contribution in [2.75, 3.05) is 20.8 Å². The SMILES string of the molecule is COc1cc2c3c(c4ccc(O)cc4c2cc1OC)CN1CCCC1C3.O=C(O)c1ccccc1O. The molecule has 2 aliphatic rings. The van der Waals surface area contributed by atoms with Crippen molar-refractivity contribution in [3.8, 4) is 23.0 Å². The van der Waals surface area contributed by atoms with E-state index in [9.17, 15) is 9.90 Å². The van der Waals surface area contributed by atoms with E-state index in [1.54, 1.807) is 32.4 Å². The molecule has 4 aromatic carbocycles. The number of carbonyl (C=O) groups is 1. The Morgan fingerprint density at radius 2 is 1.58 bits per heavy atom. The normalized spacial score (nSPS) is 16.7. The van der Waals surface area contributed by atoms with Crippen LogP contribution in [0.5, 0.6) is 23.0 Å². The highest BCUT2D eigenvalue weighted by Crippen LogP contribution is 2.44. The number of nitrogens with zero attached hydrogens (tertiary/aromatic N) is 1. The summed E-state index contributed by atoms with van der Waals surface area (Å²) in [6.45, 7) is 2.18. The molecule has 0 amide bonds. The van der Waals surface area contributed by atoms with Gasteiger partial charge in [0.1, 0.15) is 17.1 Å². The second-order valence-electron chi connectivity index (χ2n) is 9.23. The molecule has 2 aliphatic heterocycles. The van der Waals surface area contributed by atoms with Gasteiger partial charge in [0.25, 0.3) is 0 Å². The number of carboxylic acids is 1. The predicted molar refractivity (Wildman–Crippen MR) is 138 cm³/mol. The molecule has 36 heavy (non-hydrogen) atoms. The van der Waals surface area contributed by atoms with Crippen LogP contribution in [0.4, 0.5) is 0 Å². The Balaban J connectivity index is 0.000000226. The fourth-order valence-electron chi connectivity index (χ4n) is 5.54. The van der Waals surface area contributed by atoms with E-state index in [1.165, 1.54) is 53.4 Å². The second-order valence-corrected chi connectivity index (χ2v) is 9.23. The number of para-hydroxylation sites is 1. The molecule has 0 aromatic heterocycles. The fourth-order valence-corrected chi connectivity index (χ4v) is 5.54. The molecule has 4 aromatic rings. The minimum absolute atomic E-state index is 0.0671. The third-order valence-electron chi connectivity index (χ3n) is 7.27. The monoisotopic (exact) mass is 487 g/mol. The Kier molecular flexibility index (Phi) is 6.33. The highest BCUT2D eigenvalue weighted by Gasteiger charge is 2.32. The molecule has 0 aliphatic carbocycles. The Labute approximate surface area is 209 Å².